The van der Waals surface area contributed by atoms with Crippen LogP contribution >= 0.6 is 11.6 Å². The molecule has 0 aliphatic rings. The number of rotatable bonds is 9. The third-order valence-electron chi connectivity index (χ3n) is 4.66. The number of carbonyl (C=O) groups excluding carboxylic acids is 1. The number of hydrogen-bond donors (Lipinski definition) is 2. The number of sulfonamides is 1. The van der Waals surface area contributed by atoms with E-state index in [9.17, 15) is 17.6 Å². The Kier molecular flexibility index (Phi) is 7.78. The number of anilines is 1. The molecule has 3 rings (SSSR count). The average Bonchev–Trinajstić information content (AvgIpc) is 2.78. The van der Waals surface area contributed by atoms with Crippen LogP contribution in [0.4, 0.5) is 10.1 Å². The van der Waals surface area contributed by atoms with Crippen LogP contribution in [0.1, 0.15) is 18.5 Å². The Balaban J connectivity index is 1.56. The molecule has 0 heterocycles. The second kappa shape index (κ2) is 10.5. The van der Waals surface area contributed by atoms with Crippen molar-refractivity contribution in [2.45, 2.75) is 17.9 Å². The number of nitrogens with one attached hydrogen (secondary N) is 2. The average molecular weight is 493 g/mol. The van der Waals surface area contributed by atoms with Crippen molar-refractivity contribution >= 4 is 33.2 Å². The molecule has 0 fully saturated rings. The van der Waals surface area contributed by atoms with Gasteiger partial charge >= 0.3 is 0 Å². The van der Waals surface area contributed by atoms with Crippen molar-refractivity contribution in [3.8, 4) is 11.5 Å². The number of benzene rings is 3. The Bertz CT molecular complexity index is 1220. The lowest BCUT2D eigenvalue weighted by atomic mass is 10.1. The fraction of sp³-hybridized carbons (Fsp3) is 0.174. The zero-order valence-electron chi connectivity index (χ0n) is 17.8. The van der Waals surface area contributed by atoms with Crippen LogP contribution in [0.3, 0.4) is 0 Å². The Morgan fingerprint density at radius 1 is 1.06 bits per heavy atom. The topological polar surface area (TPSA) is 93.7 Å². The van der Waals surface area contributed by atoms with Crippen molar-refractivity contribution in [2.75, 3.05) is 18.4 Å². The summed E-state index contributed by atoms with van der Waals surface area (Å²) in [5, 5.41) is 3.02. The molecule has 0 bridgehead atoms. The molecule has 174 valence electrons. The SMILES string of the molecule is COc1ccc(NS(=O)(=O)c2ccc(OCC(=O)N[C@@H](C)c3ccc(F)cc3)cc2)cc1Cl. The van der Waals surface area contributed by atoms with E-state index in [0.29, 0.717) is 11.5 Å². The van der Waals surface area contributed by atoms with Gasteiger partial charge in [-0.15, -0.1) is 0 Å². The van der Waals surface area contributed by atoms with E-state index < -0.39 is 10.0 Å². The summed E-state index contributed by atoms with van der Waals surface area (Å²) in [6.45, 7) is 1.51. The predicted molar refractivity (Wildman–Crippen MR) is 124 cm³/mol. The number of halogens is 2. The van der Waals surface area contributed by atoms with E-state index in [1.54, 1.807) is 25.1 Å². The molecule has 3 aromatic rings. The molecule has 0 aliphatic carbocycles. The third-order valence-corrected chi connectivity index (χ3v) is 6.35. The molecule has 0 saturated heterocycles. The first-order valence-corrected chi connectivity index (χ1v) is 11.7. The minimum absolute atomic E-state index is 0.0103. The summed E-state index contributed by atoms with van der Waals surface area (Å²) in [6, 6.07) is 15.7. The van der Waals surface area contributed by atoms with E-state index in [4.69, 9.17) is 21.1 Å². The first-order valence-electron chi connectivity index (χ1n) is 9.82. The highest BCUT2D eigenvalue weighted by Gasteiger charge is 2.16. The number of ether oxygens (including phenoxy) is 2. The maximum absolute atomic E-state index is 13.0. The molecule has 0 unspecified atom stereocenters. The summed E-state index contributed by atoms with van der Waals surface area (Å²) in [5.41, 5.74) is 1.04. The lowest BCUT2D eigenvalue weighted by Crippen LogP contribution is -2.31. The zero-order valence-corrected chi connectivity index (χ0v) is 19.4. The number of amides is 1. The molecule has 1 amide bonds. The van der Waals surface area contributed by atoms with E-state index in [-0.39, 0.29) is 40.0 Å². The third kappa shape index (κ3) is 6.59. The van der Waals surface area contributed by atoms with Crippen LogP contribution in [0.25, 0.3) is 0 Å². The molecule has 10 heteroatoms. The smallest absolute Gasteiger partial charge is 0.261 e. The molecule has 2 N–H and O–H groups in total. The van der Waals surface area contributed by atoms with Crippen LogP contribution in [-0.4, -0.2) is 28.0 Å². The van der Waals surface area contributed by atoms with Gasteiger partial charge in [0.1, 0.15) is 17.3 Å². The van der Waals surface area contributed by atoms with Gasteiger partial charge in [-0.05, 0) is 67.1 Å². The van der Waals surface area contributed by atoms with Crippen LogP contribution in [0, 0.1) is 5.82 Å². The first-order chi connectivity index (χ1) is 15.7. The highest BCUT2D eigenvalue weighted by molar-refractivity contribution is 7.92. The maximum Gasteiger partial charge on any atom is 0.261 e. The predicted octanol–water partition coefficient (Wildman–Crippen LogP) is 4.54. The Morgan fingerprint density at radius 3 is 2.33 bits per heavy atom. The molecular weight excluding hydrogens is 471 g/mol. The van der Waals surface area contributed by atoms with Crippen molar-refractivity contribution < 1.29 is 27.1 Å². The number of carbonyl (C=O) groups is 1. The Hall–Kier alpha value is -3.30. The van der Waals surface area contributed by atoms with E-state index in [2.05, 4.69) is 10.0 Å². The second-order valence-corrected chi connectivity index (χ2v) is 9.15. The lowest BCUT2D eigenvalue weighted by molar-refractivity contribution is -0.123. The molecule has 0 radical (unpaired) electrons. The van der Waals surface area contributed by atoms with Crippen LogP contribution < -0.4 is 19.5 Å². The highest BCUT2D eigenvalue weighted by Crippen LogP contribution is 2.28. The normalized spacial score (nSPS) is 12.0. The van der Waals surface area contributed by atoms with Crippen molar-refractivity contribution in [3.05, 3.63) is 83.1 Å². The van der Waals surface area contributed by atoms with Gasteiger partial charge in [-0.3, -0.25) is 9.52 Å². The fourth-order valence-corrected chi connectivity index (χ4v) is 4.23. The van der Waals surface area contributed by atoms with Gasteiger partial charge in [0.25, 0.3) is 15.9 Å². The Morgan fingerprint density at radius 2 is 1.73 bits per heavy atom. The van der Waals surface area contributed by atoms with E-state index >= 15 is 0 Å². The molecule has 3 aromatic carbocycles. The van der Waals surface area contributed by atoms with Crippen molar-refractivity contribution in [2.24, 2.45) is 0 Å². The van der Waals surface area contributed by atoms with Gasteiger partial charge in [0, 0.05) is 0 Å². The minimum atomic E-state index is -3.86. The second-order valence-electron chi connectivity index (χ2n) is 7.06. The first kappa shape index (κ1) is 24.3. The van der Waals surface area contributed by atoms with Gasteiger partial charge in [0.05, 0.1) is 28.8 Å². The molecular formula is C23H22ClFN2O5S. The molecule has 0 aromatic heterocycles. The quantitative estimate of drug-likeness (QED) is 0.457. The Labute approximate surface area is 196 Å². The van der Waals surface area contributed by atoms with Crippen LogP contribution in [0.5, 0.6) is 11.5 Å². The van der Waals surface area contributed by atoms with Crippen molar-refractivity contribution in [3.63, 3.8) is 0 Å². The molecule has 0 saturated carbocycles. The van der Waals surface area contributed by atoms with Gasteiger partial charge in [0.15, 0.2) is 6.61 Å². The molecule has 1 atom stereocenters. The van der Waals surface area contributed by atoms with Crippen LogP contribution in [0.2, 0.25) is 5.02 Å². The summed E-state index contributed by atoms with van der Waals surface area (Å²) >= 11 is 6.03. The minimum Gasteiger partial charge on any atom is -0.495 e. The highest BCUT2D eigenvalue weighted by atomic mass is 35.5. The van der Waals surface area contributed by atoms with E-state index in [1.165, 1.54) is 55.6 Å². The fourth-order valence-electron chi connectivity index (χ4n) is 2.93. The summed E-state index contributed by atoms with van der Waals surface area (Å²) in [5.74, 6) is 0.0267. The monoisotopic (exact) mass is 492 g/mol. The lowest BCUT2D eigenvalue weighted by Gasteiger charge is -2.15. The van der Waals surface area contributed by atoms with Crippen molar-refractivity contribution in [1.29, 1.82) is 0 Å². The zero-order chi connectivity index (χ0) is 24.0. The van der Waals surface area contributed by atoms with Crippen molar-refractivity contribution in [1.82, 2.24) is 5.32 Å². The standard InChI is InChI=1S/C23H22ClFN2O5S/c1-15(16-3-5-17(25)6-4-16)26-23(28)14-32-19-8-10-20(11-9-19)33(29,30)27-18-7-12-22(31-2)21(24)13-18/h3-13,15,27H,14H2,1-2H3,(H,26,28)/t15-/m0/s1. The molecule has 33 heavy (non-hydrogen) atoms. The van der Waals surface area contributed by atoms with Gasteiger partial charge in [-0.25, -0.2) is 12.8 Å². The van der Waals surface area contributed by atoms with Gasteiger partial charge in [0.2, 0.25) is 0 Å². The molecule has 0 spiro atoms. The maximum atomic E-state index is 13.0. The number of methoxy groups -OCH3 is 1. The van der Waals surface area contributed by atoms with Crippen LogP contribution in [-0.2, 0) is 14.8 Å². The van der Waals surface area contributed by atoms with E-state index in [0.717, 1.165) is 5.56 Å². The van der Waals surface area contributed by atoms with Crippen LogP contribution in [0.15, 0.2) is 71.6 Å². The molecule has 0 aliphatic heterocycles. The molecule has 7 nitrogen and oxygen atoms in total. The van der Waals surface area contributed by atoms with E-state index in [1.807, 2.05) is 0 Å². The van der Waals surface area contributed by atoms with Gasteiger partial charge < -0.3 is 14.8 Å². The summed E-state index contributed by atoms with van der Waals surface area (Å²) < 4.78 is 51.2. The van der Waals surface area contributed by atoms with Gasteiger partial charge in [-0.1, -0.05) is 23.7 Å². The van der Waals surface area contributed by atoms with Gasteiger partial charge in [-0.2, -0.15) is 0 Å². The summed E-state index contributed by atoms with van der Waals surface area (Å²) in [7, 11) is -2.40. The summed E-state index contributed by atoms with van der Waals surface area (Å²) in [6.07, 6.45) is 0. The summed E-state index contributed by atoms with van der Waals surface area (Å²) in [4.78, 5) is 12.1. The largest absolute Gasteiger partial charge is 0.495 e. The number of hydrogen-bond acceptors (Lipinski definition) is 5.